The van der Waals surface area contributed by atoms with Crippen molar-refractivity contribution < 1.29 is 4.74 Å². The van der Waals surface area contributed by atoms with E-state index in [4.69, 9.17) is 15.5 Å². The molecule has 0 aliphatic heterocycles. The summed E-state index contributed by atoms with van der Waals surface area (Å²) in [4.78, 5) is 13.7. The molecule has 3 rings (SSSR count). The van der Waals surface area contributed by atoms with Gasteiger partial charge < -0.3 is 15.8 Å². The summed E-state index contributed by atoms with van der Waals surface area (Å²) in [6, 6.07) is 7.72. The predicted molar refractivity (Wildman–Crippen MR) is 130 cm³/mol. The Balaban J connectivity index is 1.82. The van der Waals surface area contributed by atoms with E-state index in [0.717, 1.165) is 27.7 Å². The first-order chi connectivity index (χ1) is 15.4. The number of hydrogen-bond acceptors (Lipinski definition) is 8. The van der Waals surface area contributed by atoms with Crippen LogP contribution in [0.5, 0.6) is 0 Å². The van der Waals surface area contributed by atoms with Gasteiger partial charge in [0.05, 0.1) is 29.9 Å². The van der Waals surface area contributed by atoms with Crippen molar-refractivity contribution in [2.24, 2.45) is 16.6 Å². The largest absolute Gasteiger partial charge is 0.404 e. The van der Waals surface area contributed by atoms with Gasteiger partial charge in [0, 0.05) is 36.9 Å². The molecule has 3 heterocycles. The van der Waals surface area contributed by atoms with Gasteiger partial charge in [-0.05, 0) is 41.7 Å². The number of aromatic nitrogens is 4. The topological polar surface area (TPSA) is 111 Å². The molecule has 0 amide bonds. The minimum Gasteiger partial charge on any atom is -0.404 e. The number of methoxy groups -OCH3 is 1. The Morgan fingerprint density at radius 2 is 1.94 bits per heavy atom. The molecule has 1 unspecified atom stereocenters. The lowest BCUT2D eigenvalue weighted by atomic mass is 10.1. The van der Waals surface area contributed by atoms with E-state index in [1.165, 1.54) is 6.20 Å². The van der Waals surface area contributed by atoms with E-state index in [0.29, 0.717) is 30.0 Å². The van der Waals surface area contributed by atoms with Crippen molar-refractivity contribution in [1.82, 2.24) is 20.2 Å². The lowest BCUT2D eigenvalue weighted by Gasteiger charge is -2.16. The highest BCUT2D eigenvalue weighted by atomic mass is 16.5. The molecule has 0 radical (unpaired) electrons. The van der Waals surface area contributed by atoms with Gasteiger partial charge in [0.15, 0.2) is 5.82 Å². The Bertz CT molecular complexity index is 1110. The van der Waals surface area contributed by atoms with Gasteiger partial charge in [-0.2, -0.15) is 5.10 Å². The zero-order valence-electron chi connectivity index (χ0n) is 19.3. The zero-order chi connectivity index (χ0) is 23.1. The van der Waals surface area contributed by atoms with Crippen LogP contribution in [-0.4, -0.2) is 46.1 Å². The number of nitrogens with zero attached hydrogens (tertiary/aromatic N) is 5. The number of anilines is 2. The molecule has 8 heteroatoms. The van der Waals surface area contributed by atoms with Gasteiger partial charge in [0.1, 0.15) is 5.82 Å². The summed E-state index contributed by atoms with van der Waals surface area (Å²) in [5, 5.41) is 11.5. The molecule has 0 bridgehead atoms. The van der Waals surface area contributed by atoms with E-state index in [9.17, 15) is 0 Å². The SMILES string of the molecule is COC(CN=CC(=CN)c1cnc2ccc(Nc3cc(C(C)C)cnn3)nc2c1)C(C)C. The van der Waals surface area contributed by atoms with Crippen LogP contribution < -0.4 is 11.1 Å². The zero-order valence-corrected chi connectivity index (χ0v) is 19.3. The molecule has 3 N–H and O–H groups in total. The van der Waals surface area contributed by atoms with Gasteiger partial charge >= 0.3 is 0 Å². The van der Waals surface area contributed by atoms with Crippen LogP contribution in [0, 0.1) is 5.92 Å². The van der Waals surface area contributed by atoms with Crippen LogP contribution in [0.2, 0.25) is 0 Å². The molecule has 8 nitrogen and oxygen atoms in total. The molecule has 0 saturated heterocycles. The Morgan fingerprint density at radius 1 is 1.12 bits per heavy atom. The summed E-state index contributed by atoms with van der Waals surface area (Å²) in [5.74, 6) is 2.06. The molecule has 3 aromatic heterocycles. The molecular formula is C24H31N7O. The number of nitrogens with one attached hydrogen (secondary N) is 1. The van der Waals surface area contributed by atoms with Crippen LogP contribution in [0.15, 0.2) is 47.9 Å². The van der Waals surface area contributed by atoms with Crippen LogP contribution in [0.3, 0.4) is 0 Å². The van der Waals surface area contributed by atoms with Crippen LogP contribution in [0.25, 0.3) is 16.6 Å². The van der Waals surface area contributed by atoms with Crippen LogP contribution >= 0.6 is 0 Å². The standard InChI is InChI=1S/C24H31N7O/c1-15(2)17-9-24(31-28-13-17)30-23-7-6-20-21(29-23)8-18(12-27-20)19(10-25)11-26-14-22(32-5)16(3)4/h6-13,15-16,22H,14,25H2,1-5H3,(H,29,30,31). The summed E-state index contributed by atoms with van der Waals surface area (Å²) in [7, 11) is 1.70. The first-order valence-corrected chi connectivity index (χ1v) is 10.7. The third-order valence-corrected chi connectivity index (χ3v) is 5.21. The molecule has 0 aliphatic rings. The second-order valence-electron chi connectivity index (χ2n) is 8.25. The maximum Gasteiger partial charge on any atom is 0.154 e. The molecule has 32 heavy (non-hydrogen) atoms. The van der Waals surface area contributed by atoms with Gasteiger partial charge in [-0.1, -0.05) is 27.7 Å². The van der Waals surface area contributed by atoms with Gasteiger partial charge in [0.25, 0.3) is 0 Å². The molecule has 0 aliphatic carbocycles. The number of nitrogens with two attached hydrogens (primary N) is 1. The van der Waals surface area contributed by atoms with Crippen LogP contribution in [-0.2, 0) is 4.74 Å². The van der Waals surface area contributed by atoms with Gasteiger partial charge in [0.2, 0.25) is 0 Å². The normalized spacial score (nSPS) is 13.4. The van der Waals surface area contributed by atoms with Crippen molar-refractivity contribution in [2.75, 3.05) is 19.0 Å². The number of pyridine rings is 2. The van der Waals surface area contributed by atoms with E-state index < -0.39 is 0 Å². The van der Waals surface area contributed by atoms with E-state index >= 15 is 0 Å². The van der Waals surface area contributed by atoms with Crippen molar-refractivity contribution in [3.05, 3.63) is 54.0 Å². The number of rotatable bonds is 9. The Morgan fingerprint density at radius 3 is 2.62 bits per heavy atom. The highest BCUT2D eigenvalue weighted by molar-refractivity contribution is 6.10. The fraction of sp³-hybridized carbons (Fsp3) is 0.375. The Hall–Kier alpha value is -3.39. The number of ether oxygens (including phenoxy) is 1. The minimum absolute atomic E-state index is 0.0626. The van der Waals surface area contributed by atoms with Crippen molar-refractivity contribution in [1.29, 1.82) is 0 Å². The minimum atomic E-state index is 0.0626. The first-order valence-electron chi connectivity index (χ1n) is 10.7. The molecule has 0 fully saturated rings. The van der Waals surface area contributed by atoms with E-state index in [2.05, 4.69) is 53.2 Å². The average molecular weight is 434 g/mol. The lowest BCUT2D eigenvalue weighted by molar-refractivity contribution is 0.0726. The van der Waals surface area contributed by atoms with E-state index in [-0.39, 0.29) is 6.10 Å². The van der Waals surface area contributed by atoms with Crippen LogP contribution in [0.4, 0.5) is 11.6 Å². The molecule has 0 aromatic carbocycles. The summed E-state index contributed by atoms with van der Waals surface area (Å²) >= 11 is 0. The lowest BCUT2D eigenvalue weighted by Crippen LogP contribution is -2.21. The number of hydrogen-bond donors (Lipinski definition) is 2. The fourth-order valence-electron chi connectivity index (χ4n) is 3.15. The fourth-order valence-corrected chi connectivity index (χ4v) is 3.15. The van der Waals surface area contributed by atoms with Crippen molar-refractivity contribution in [2.45, 2.75) is 39.7 Å². The third-order valence-electron chi connectivity index (χ3n) is 5.21. The quantitative estimate of drug-likeness (QED) is 0.483. The summed E-state index contributed by atoms with van der Waals surface area (Å²) in [5.41, 5.74) is 10.1. The Labute approximate surface area is 189 Å². The Kier molecular flexibility index (Phi) is 7.83. The van der Waals surface area contributed by atoms with Gasteiger partial charge in [-0.15, -0.1) is 5.10 Å². The van der Waals surface area contributed by atoms with Gasteiger partial charge in [-0.3, -0.25) is 9.98 Å². The monoisotopic (exact) mass is 433 g/mol. The summed E-state index contributed by atoms with van der Waals surface area (Å²) in [6.45, 7) is 9.02. The maximum absolute atomic E-state index is 5.87. The van der Waals surface area contributed by atoms with E-state index in [1.807, 2.05) is 24.3 Å². The van der Waals surface area contributed by atoms with E-state index in [1.54, 1.807) is 25.7 Å². The first kappa shape index (κ1) is 23.3. The number of allylic oxidation sites excluding steroid dienone is 1. The van der Waals surface area contributed by atoms with Gasteiger partial charge in [-0.25, -0.2) is 4.98 Å². The molecule has 0 saturated carbocycles. The van der Waals surface area contributed by atoms with Crippen molar-refractivity contribution in [3.8, 4) is 0 Å². The van der Waals surface area contributed by atoms with Crippen LogP contribution in [0.1, 0.15) is 44.7 Å². The second kappa shape index (κ2) is 10.8. The smallest absolute Gasteiger partial charge is 0.154 e. The molecular weight excluding hydrogens is 402 g/mol. The van der Waals surface area contributed by atoms with Crippen molar-refractivity contribution in [3.63, 3.8) is 0 Å². The predicted octanol–water partition coefficient (Wildman–Crippen LogP) is 4.33. The highest BCUT2D eigenvalue weighted by Crippen LogP contribution is 2.21. The molecule has 1 atom stereocenters. The molecule has 3 aromatic rings. The van der Waals surface area contributed by atoms with Crippen molar-refractivity contribution >= 4 is 34.5 Å². The average Bonchev–Trinajstić information content (AvgIpc) is 2.78. The second-order valence-corrected chi connectivity index (χ2v) is 8.25. The summed E-state index contributed by atoms with van der Waals surface area (Å²) < 4.78 is 5.47. The maximum atomic E-state index is 5.87. The summed E-state index contributed by atoms with van der Waals surface area (Å²) in [6.07, 6.45) is 6.89. The molecule has 0 spiro atoms. The number of fused-ring (bicyclic) bond motifs is 1. The molecule has 168 valence electrons. The third kappa shape index (κ3) is 5.85. The highest BCUT2D eigenvalue weighted by Gasteiger charge is 2.11. The number of aliphatic imine (C=N–C) groups is 1.